The minimum Gasteiger partial charge on any atom is -0.465 e. The Morgan fingerprint density at radius 1 is 1.14 bits per heavy atom. The molecule has 2 rings (SSSR count). The number of hydrogen-bond acceptors (Lipinski definition) is 3. The van der Waals surface area contributed by atoms with E-state index in [1.165, 1.54) is 6.07 Å². The van der Waals surface area contributed by atoms with Crippen LogP contribution in [0.5, 0.6) is 0 Å². The number of hydrogen-bond donors (Lipinski definition) is 1. The Labute approximate surface area is 123 Å². The van der Waals surface area contributed by atoms with E-state index < -0.39 is 12.0 Å². The van der Waals surface area contributed by atoms with Gasteiger partial charge in [0.15, 0.2) is 0 Å². The van der Waals surface area contributed by atoms with Crippen LogP contribution in [-0.2, 0) is 16.0 Å². The predicted octanol–water partition coefficient (Wildman–Crippen LogP) is 2.93. The normalized spacial score (nSPS) is 12.0. The Morgan fingerprint density at radius 2 is 1.76 bits per heavy atom. The van der Waals surface area contributed by atoms with Crippen LogP contribution in [-0.4, -0.2) is 18.6 Å². The molecule has 0 aliphatic heterocycles. The van der Waals surface area contributed by atoms with Gasteiger partial charge in [-0.3, -0.25) is 4.79 Å². The molecular formula is C17H18FNO2. The second-order valence-corrected chi connectivity index (χ2v) is 4.70. The van der Waals surface area contributed by atoms with E-state index in [2.05, 4.69) is 0 Å². The lowest BCUT2D eigenvalue weighted by molar-refractivity contribution is -0.144. The second-order valence-electron chi connectivity index (χ2n) is 4.70. The molecule has 0 saturated carbocycles. The number of esters is 1. The Bertz CT molecular complexity index is 628. The first-order chi connectivity index (χ1) is 10.1. The van der Waals surface area contributed by atoms with E-state index in [0.29, 0.717) is 18.6 Å². The summed E-state index contributed by atoms with van der Waals surface area (Å²) in [4.78, 5) is 11.6. The molecule has 2 aromatic carbocycles. The van der Waals surface area contributed by atoms with E-state index in [9.17, 15) is 9.18 Å². The minimum atomic E-state index is -0.752. The summed E-state index contributed by atoms with van der Waals surface area (Å²) in [7, 11) is 0. The van der Waals surface area contributed by atoms with Gasteiger partial charge < -0.3 is 10.5 Å². The van der Waals surface area contributed by atoms with Crippen LogP contribution in [0, 0.1) is 5.82 Å². The fourth-order valence-electron chi connectivity index (χ4n) is 2.21. The first kappa shape index (κ1) is 15.2. The molecule has 1 atom stereocenters. The molecule has 0 radical (unpaired) electrons. The lowest BCUT2D eigenvalue weighted by Crippen LogP contribution is -2.34. The molecule has 2 aromatic rings. The number of nitrogens with two attached hydrogens (primary N) is 1. The van der Waals surface area contributed by atoms with Crippen molar-refractivity contribution < 1.29 is 13.9 Å². The predicted molar refractivity (Wildman–Crippen MR) is 80.1 cm³/mol. The van der Waals surface area contributed by atoms with Crippen molar-refractivity contribution in [3.05, 3.63) is 59.9 Å². The molecule has 0 aliphatic rings. The third-order valence-corrected chi connectivity index (χ3v) is 3.21. The number of rotatable bonds is 5. The number of carbonyl (C=O) groups excluding carboxylic acids is 1. The van der Waals surface area contributed by atoms with Crippen molar-refractivity contribution >= 4 is 5.97 Å². The van der Waals surface area contributed by atoms with E-state index in [4.69, 9.17) is 10.5 Å². The third-order valence-electron chi connectivity index (χ3n) is 3.21. The van der Waals surface area contributed by atoms with Crippen LogP contribution < -0.4 is 5.73 Å². The van der Waals surface area contributed by atoms with Crippen molar-refractivity contribution in [2.24, 2.45) is 5.73 Å². The largest absolute Gasteiger partial charge is 0.465 e. The molecule has 2 N–H and O–H groups in total. The summed E-state index contributed by atoms with van der Waals surface area (Å²) in [6, 6.07) is 13.1. The van der Waals surface area contributed by atoms with Gasteiger partial charge in [0.1, 0.15) is 11.9 Å². The Balaban J connectivity index is 2.30. The van der Waals surface area contributed by atoms with Gasteiger partial charge in [-0.1, -0.05) is 42.5 Å². The van der Waals surface area contributed by atoms with Crippen LogP contribution in [0.15, 0.2) is 48.5 Å². The summed E-state index contributed by atoms with van der Waals surface area (Å²) in [6.07, 6.45) is 0.309. The van der Waals surface area contributed by atoms with Gasteiger partial charge >= 0.3 is 5.97 Å². The molecule has 0 aromatic heterocycles. The summed E-state index contributed by atoms with van der Waals surface area (Å²) in [6.45, 7) is 2.03. The topological polar surface area (TPSA) is 52.3 Å². The Morgan fingerprint density at radius 3 is 2.43 bits per heavy atom. The zero-order chi connectivity index (χ0) is 15.2. The van der Waals surface area contributed by atoms with Gasteiger partial charge in [-0.15, -0.1) is 0 Å². The van der Waals surface area contributed by atoms with Crippen molar-refractivity contribution in [3.63, 3.8) is 0 Å². The molecule has 0 saturated heterocycles. The van der Waals surface area contributed by atoms with Gasteiger partial charge in [-0.05, 0) is 30.5 Å². The van der Waals surface area contributed by atoms with E-state index in [1.807, 2.05) is 24.3 Å². The monoisotopic (exact) mass is 287 g/mol. The quantitative estimate of drug-likeness (QED) is 0.860. The summed E-state index contributed by atoms with van der Waals surface area (Å²) in [5, 5.41) is 0. The maximum Gasteiger partial charge on any atom is 0.323 e. The second kappa shape index (κ2) is 6.99. The van der Waals surface area contributed by atoms with E-state index in [-0.39, 0.29) is 5.82 Å². The average Bonchev–Trinajstić information content (AvgIpc) is 2.49. The smallest absolute Gasteiger partial charge is 0.323 e. The van der Waals surface area contributed by atoms with Crippen LogP contribution in [0.3, 0.4) is 0 Å². The summed E-state index contributed by atoms with van der Waals surface area (Å²) in [5.74, 6) is -0.740. The van der Waals surface area contributed by atoms with Crippen LogP contribution >= 0.6 is 0 Å². The highest BCUT2D eigenvalue weighted by atomic mass is 19.1. The first-order valence-corrected chi connectivity index (χ1v) is 6.88. The molecule has 0 amide bonds. The average molecular weight is 287 g/mol. The lowest BCUT2D eigenvalue weighted by Gasteiger charge is -2.14. The Kier molecular flexibility index (Phi) is 5.06. The number of carbonyl (C=O) groups is 1. The molecule has 110 valence electrons. The van der Waals surface area contributed by atoms with Crippen LogP contribution in [0.4, 0.5) is 4.39 Å². The molecule has 21 heavy (non-hydrogen) atoms. The third kappa shape index (κ3) is 3.67. The summed E-state index contributed by atoms with van der Waals surface area (Å²) in [5.41, 5.74) is 7.92. The molecule has 0 fully saturated rings. The van der Waals surface area contributed by atoms with Gasteiger partial charge in [0.2, 0.25) is 0 Å². The highest BCUT2D eigenvalue weighted by molar-refractivity contribution is 5.77. The maximum absolute atomic E-state index is 13.9. The van der Waals surface area contributed by atoms with Crippen molar-refractivity contribution in [1.29, 1.82) is 0 Å². The molecule has 3 nitrogen and oxygen atoms in total. The van der Waals surface area contributed by atoms with Crippen molar-refractivity contribution in [2.45, 2.75) is 19.4 Å². The molecular weight excluding hydrogens is 269 g/mol. The molecule has 4 heteroatoms. The standard InChI is InChI=1S/C17H18FNO2/c1-2-21-17(20)16(19)11-12-7-3-4-8-13(12)14-9-5-6-10-15(14)18/h3-10,16H,2,11,19H2,1H3. The molecule has 1 unspecified atom stereocenters. The van der Waals surface area contributed by atoms with Crippen LogP contribution in [0.1, 0.15) is 12.5 Å². The van der Waals surface area contributed by atoms with Crippen molar-refractivity contribution in [2.75, 3.05) is 6.61 Å². The summed E-state index contributed by atoms with van der Waals surface area (Å²) >= 11 is 0. The Hall–Kier alpha value is -2.20. The molecule has 0 heterocycles. The van der Waals surface area contributed by atoms with E-state index >= 15 is 0 Å². The van der Waals surface area contributed by atoms with Gasteiger partial charge in [0, 0.05) is 5.56 Å². The maximum atomic E-state index is 13.9. The van der Waals surface area contributed by atoms with E-state index in [0.717, 1.165) is 11.1 Å². The fraction of sp³-hybridized carbons (Fsp3) is 0.235. The fourth-order valence-corrected chi connectivity index (χ4v) is 2.21. The van der Waals surface area contributed by atoms with Gasteiger partial charge in [0.25, 0.3) is 0 Å². The minimum absolute atomic E-state index is 0.293. The van der Waals surface area contributed by atoms with E-state index in [1.54, 1.807) is 25.1 Å². The SMILES string of the molecule is CCOC(=O)C(N)Cc1ccccc1-c1ccccc1F. The number of ether oxygens (including phenoxy) is 1. The van der Waals surface area contributed by atoms with Gasteiger partial charge in [-0.25, -0.2) is 4.39 Å². The number of halogens is 1. The first-order valence-electron chi connectivity index (χ1n) is 6.88. The van der Waals surface area contributed by atoms with Gasteiger partial charge in [0.05, 0.1) is 6.61 Å². The lowest BCUT2D eigenvalue weighted by atomic mass is 9.95. The van der Waals surface area contributed by atoms with Gasteiger partial charge in [-0.2, -0.15) is 0 Å². The molecule has 0 bridgehead atoms. The number of benzene rings is 2. The summed E-state index contributed by atoms with van der Waals surface area (Å²) < 4.78 is 18.9. The molecule has 0 aliphatic carbocycles. The van der Waals surface area contributed by atoms with Crippen LogP contribution in [0.2, 0.25) is 0 Å². The van der Waals surface area contributed by atoms with Crippen LogP contribution in [0.25, 0.3) is 11.1 Å². The van der Waals surface area contributed by atoms with Crippen molar-refractivity contribution in [1.82, 2.24) is 0 Å². The zero-order valence-electron chi connectivity index (χ0n) is 11.9. The highest BCUT2D eigenvalue weighted by Gasteiger charge is 2.18. The highest BCUT2D eigenvalue weighted by Crippen LogP contribution is 2.26. The van der Waals surface area contributed by atoms with Crippen molar-refractivity contribution in [3.8, 4) is 11.1 Å². The zero-order valence-corrected chi connectivity index (χ0v) is 11.9. The molecule has 0 spiro atoms.